The van der Waals surface area contributed by atoms with Crippen LogP contribution in [0.4, 0.5) is 5.82 Å². The van der Waals surface area contributed by atoms with Crippen LogP contribution >= 0.6 is 0 Å². The third kappa shape index (κ3) is 4.34. The highest BCUT2D eigenvalue weighted by Crippen LogP contribution is 2.31. The number of aromatic nitrogens is 2. The second kappa shape index (κ2) is 8.77. The van der Waals surface area contributed by atoms with Crippen molar-refractivity contribution in [2.24, 2.45) is 5.92 Å². The number of nitrogens with zero attached hydrogens (tertiary/aromatic N) is 4. The van der Waals surface area contributed by atoms with E-state index in [0.29, 0.717) is 22.9 Å². The summed E-state index contributed by atoms with van der Waals surface area (Å²) in [5.41, 5.74) is 1.91. The minimum absolute atomic E-state index is 0.0835. The molecule has 6 heteroatoms. The summed E-state index contributed by atoms with van der Waals surface area (Å²) in [6, 6.07) is 9.77. The van der Waals surface area contributed by atoms with Gasteiger partial charge < -0.3 is 9.64 Å². The maximum absolute atomic E-state index is 12.9. The minimum atomic E-state index is -1.05. The van der Waals surface area contributed by atoms with Gasteiger partial charge in [0.1, 0.15) is 11.8 Å². The van der Waals surface area contributed by atoms with Gasteiger partial charge in [-0.3, -0.25) is 4.79 Å². The topological polar surface area (TPSA) is 79.1 Å². The normalized spacial score (nSPS) is 19.7. The first kappa shape index (κ1) is 19.6. The Morgan fingerprint density at radius 3 is 2.41 bits per heavy atom. The van der Waals surface area contributed by atoms with Gasteiger partial charge in [0.25, 0.3) is 0 Å². The smallest absolute Gasteiger partial charge is 0.329 e. The summed E-state index contributed by atoms with van der Waals surface area (Å²) in [7, 11) is 0. The lowest BCUT2D eigenvalue weighted by Gasteiger charge is -2.32. The number of nitriles is 1. The zero-order valence-corrected chi connectivity index (χ0v) is 17.0. The highest BCUT2D eigenvalue weighted by Gasteiger charge is 2.32. The number of para-hydroxylation sites is 2. The Kier molecular flexibility index (Phi) is 5.94. The number of ether oxygens (including phenoxy) is 1. The molecular weight excluding hydrogens is 364 g/mol. The molecule has 2 fully saturated rings. The third-order valence-corrected chi connectivity index (χ3v) is 6.13. The first-order valence-corrected chi connectivity index (χ1v) is 10.8. The monoisotopic (exact) mass is 392 g/mol. The summed E-state index contributed by atoms with van der Waals surface area (Å²) in [5, 5.41) is 9.88. The molecule has 1 aromatic heterocycles. The van der Waals surface area contributed by atoms with Crippen LogP contribution in [0.25, 0.3) is 11.0 Å². The number of piperidine rings is 1. The predicted molar refractivity (Wildman–Crippen MR) is 111 cm³/mol. The van der Waals surface area contributed by atoms with Crippen LogP contribution in [0, 0.1) is 17.2 Å². The van der Waals surface area contributed by atoms with Crippen LogP contribution in [-0.4, -0.2) is 35.1 Å². The van der Waals surface area contributed by atoms with Crippen molar-refractivity contribution in [1.29, 1.82) is 5.26 Å². The molecule has 0 spiro atoms. The van der Waals surface area contributed by atoms with Crippen molar-refractivity contribution in [3.05, 3.63) is 30.0 Å². The first-order chi connectivity index (χ1) is 14.2. The van der Waals surface area contributed by atoms with Gasteiger partial charge in [-0.25, -0.2) is 9.97 Å². The van der Waals surface area contributed by atoms with Crippen LogP contribution in [-0.2, 0) is 9.53 Å². The molecule has 0 amide bonds. The SMILES string of the molecule is CC1CCN(c2nc3ccccc3nc2[C@@H](C#N)C(=O)OC2CCCCC2)CC1. The average molecular weight is 393 g/mol. The van der Waals surface area contributed by atoms with Crippen molar-refractivity contribution in [3.63, 3.8) is 0 Å². The van der Waals surface area contributed by atoms with Gasteiger partial charge in [-0.1, -0.05) is 25.5 Å². The molecule has 4 rings (SSSR count). The molecule has 0 bridgehead atoms. The van der Waals surface area contributed by atoms with Gasteiger partial charge in [-0.05, 0) is 56.6 Å². The summed E-state index contributed by atoms with van der Waals surface area (Å²) >= 11 is 0. The predicted octanol–water partition coefficient (Wildman–Crippen LogP) is 4.35. The highest BCUT2D eigenvalue weighted by atomic mass is 16.5. The maximum atomic E-state index is 12.9. The van der Waals surface area contributed by atoms with Crippen molar-refractivity contribution in [2.75, 3.05) is 18.0 Å². The molecule has 1 atom stereocenters. The Bertz CT molecular complexity index is 909. The van der Waals surface area contributed by atoms with E-state index < -0.39 is 11.9 Å². The van der Waals surface area contributed by atoms with Gasteiger partial charge in [0, 0.05) is 13.1 Å². The largest absolute Gasteiger partial charge is 0.461 e. The van der Waals surface area contributed by atoms with Gasteiger partial charge in [-0.2, -0.15) is 5.26 Å². The second-order valence-corrected chi connectivity index (χ2v) is 8.35. The van der Waals surface area contributed by atoms with Crippen LogP contribution < -0.4 is 4.90 Å². The van der Waals surface area contributed by atoms with E-state index in [1.165, 1.54) is 6.42 Å². The fraction of sp³-hybridized carbons (Fsp3) is 0.565. The molecule has 1 aliphatic carbocycles. The van der Waals surface area contributed by atoms with E-state index in [4.69, 9.17) is 14.7 Å². The molecule has 0 unspecified atom stereocenters. The molecule has 2 aromatic rings. The number of hydrogen-bond donors (Lipinski definition) is 0. The highest BCUT2D eigenvalue weighted by molar-refractivity contribution is 5.85. The number of benzene rings is 1. The molecule has 1 saturated carbocycles. The molecule has 29 heavy (non-hydrogen) atoms. The van der Waals surface area contributed by atoms with Crippen molar-refractivity contribution in [2.45, 2.75) is 63.9 Å². The Hall–Kier alpha value is -2.68. The Balaban J connectivity index is 1.68. The lowest BCUT2D eigenvalue weighted by Crippen LogP contribution is -2.35. The fourth-order valence-corrected chi connectivity index (χ4v) is 4.29. The zero-order chi connectivity index (χ0) is 20.2. The fourth-order valence-electron chi connectivity index (χ4n) is 4.29. The Labute approximate surface area is 171 Å². The van der Waals surface area contributed by atoms with Crippen LogP contribution in [0.15, 0.2) is 24.3 Å². The molecule has 152 valence electrons. The minimum Gasteiger partial charge on any atom is -0.461 e. The molecule has 0 N–H and O–H groups in total. The molecular formula is C23H28N4O2. The van der Waals surface area contributed by atoms with Gasteiger partial charge in [-0.15, -0.1) is 0 Å². The summed E-state index contributed by atoms with van der Waals surface area (Å²) in [6.07, 6.45) is 7.14. The van der Waals surface area contributed by atoms with Gasteiger partial charge >= 0.3 is 5.97 Å². The number of carbonyl (C=O) groups is 1. The lowest BCUT2D eigenvalue weighted by atomic mass is 9.97. The Morgan fingerprint density at radius 2 is 1.76 bits per heavy atom. The molecule has 2 heterocycles. The number of rotatable bonds is 4. The lowest BCUT2D eigenvalue weighted by molar-refractivity contribution is -0.150. The van der Waals surface area contributed by atoms with Gasteiger partial charge in [0.2, 0.25) is 0 Å². The van der Waals surface area contributed by atoms with E-state index in [0.717, 1.165) is 57.1 Å². The molecule has 0 radical (unpaired) electrons. The quantitative estimate of drug-likeness (QED) is 0.720. The molecule has 1 aromatic carbocycles. The van der Waals surface area contributed by atoms with E-state index in [2.05, 4.69) is 17.9 Å². The van der Waals surface area contributed by atoms with Crippen molar-refractivity contribution >= 4 is 22.8 Å². The third-order valence-electron chi connectivity index (χ3n) is 6.13. The second-order valence-electron chi connectivity index (χ2n) is 8.35. The number of carbonyl (C=O) groups excluding carboxylic acids is 1. The number of anilines is 1. The summed E-state index contributed by atoms with van der Waals surface area (Å²) in [6.45, 7) is 3.97. The van der Waals surface area contributed by atoms with Crippen LogP contribution in [0.5, 0.6) is 0 Å². The van der Waals surface area contributed by atoms with Crippen molar-refractivity contribution in [3.8, 4) is 6.07 Å². The summed E-state index contributed by atoms with van der Waals surface area (Å²) in [4.78, 5) is 24.7. The van der Waals surface area contributed by atoms with E-state index in [-0.39, 0.29) is 6.10 Å². The standard InChI is InChI=1S/C23H28N4O2/c1-16-11-13-27(14-12-16)22-21(25-19-9-5-6-10-20(19)26-22)18(15-24)23(28)29-17-7-3-2-4-8-17/h5-6,9-10,16-18H,2-4,7-8,11-14H2,1H3/t18-/m1/s1. The summed E-state index contributed by atoms with van der Waals surface area (Å²) in [5.74, 6) is -0.215. The molecule has 1 saturated heterocycles. The van der Waals surface area contributed by atoms with Crippen molar-refractivity contribution in [1.82, 2.24) is 9.97 Å². The average Bonchev–Trinajstić information content (AvgIpc) is 2.75. The zero-order valence-electron chi connectivity index (χ0n) is 17.0. The number of esters is 1. The molecule has 2 aliphatic rings. The number of hydrogen-bond acceptors (Lipinski definition) is 6. The van der Waals surface area contributed by atoms with Crippen molar-refractivity contribution < 1.29 is 9.53 Å². The van der Waals surface area contributed by atoms with E-state index in [1.54, 1.807) is 0 Å². The maximum Gasteiger partial charge on any atom is 0.329 e. The number of fused-ring (bicyclic) bond motifs is 1. The Morgan fingerprint density at radius 1 is 1.10 bits per heavy atom. The molecule has 1 aliphatic heterocycles. The van der Waals surface area contributed by atoms with Crippen LogP contribution in [0.1, 0.15) is 63.5 Å². The van der Waals surface area contributed by atoms with E-state index in [9.17, 15) is 10.1 Å². The van der Waals surface area contributed by atoms with Gasteiger partial charge in [0.05, 0.1) is 17.1 Å². The van der Waals surface area contributed by atoms with Crippen LogP contribution in [0.2, 0.25) is 0 Å². The summed E-state index contributed by atoms with van der Waals surface area (Å²) < 4.78 is 5.72. The van der Waals surface area contributed by atoms with E-state index >= 15 is 0 Å². The molecule has 6 nitrogen and oxygen atoms in total. The van der Waals surface area contributed by atoms with Crippen LogP contribution in [0.3, 0.4) is 0 Å². The van der Waals surface area contributed by atoms with Gasteiger partial charge in [0.15, 0.2) is 11.7 Å². The van der Waals surface area contributed by atoms with E-state index in [1.807, 2.05) is 24.3 Å². The first-order valence-electron chi connectivity index (χ1n) is 10.8.